The van der Waals surface area contributed by atoms with E-state index in [-0.39, 0.29) is 5.91 Å². The molecule has 0 aliphatic heterocycles. The minimum atomic E-state index is -0.206. The average Bonchev–Trinajstić information content (AvgIpc) is 2.47. The van der Waals surface area contributed by atoms with Crippen LogP contribution in [0, 0.1) is 0 Å². The Labute approximate surface area is 117 Å². The standard InChI is InChI=1S/C15H17N3O2/c1-20-9-8-11-4-2-3-5-13(11)18-15(19)12-6-7-14(16)17-10-12/h2-7,10H,8-9H2,1H3,(H2,16,17)(H,18,19). The highest BCUT2D eigenvalue weighted by Crippen LogP contribution is 2.17. The normalized spacial score (nSPS) is 10.2. The van der Waals surface area contributed by atoms with Crippen molar-refractivity contribution >= 4 is 17.4 Å². The van der Waals surface area contributed by atoms with E-state index in [2.05, 4.69) is 10.3 Å². The number of aromatic nitrogens is 1. The summed E-state index contributed by atoms with van der Waals surface area (Å²) in [5.41, 5.74) is 7.79. The van der Waals surface area contributed by atoms with Crippen LogP contribution in [0.3, 0.4) is 0 Å². The molecule has 0 aliphatic rings. The number of nitrogens with zero attached hydrogens (tertiary/aromatic N) is 1. The fourth-order valence-electron chi connectivity index (χ4n) is 1.81. The number of hydrogen-bond acceptors (Lipinski definition) is 4. The van der Waals surface area contributed by atoms with Crippen molar-refractivity contribution in [1.29, 1.82) is 0 Å². The number of para-hydroxylation sites is 1. The molecular weight excluding hydrogens is 254 g/mol. The Bertz CT molecular complexity index is 582. The minimum Gasteiger partial charge on any atom is -0.384 e. The molecule has 1 aromatic carbocycles. The maximum atomic E-state index is 12.1. The van der Waals surface area contributed by atoms with Gasteiger partial charge in [-0.1, -0.05) is 18.2 Å². The van der Waals surface area contributed by atoms with E-state index in [1.165, 1.54) is 6.20 Å². The van der Waals surface area contributed by atoms with Gasteiger partial charge in [-0.3, -0.25) is 4.79 Å². The van der Waals surface area contributed by atoms with Gasteiger partial charge in [-0.2, -0.15) is 0 Å². The van der Waals surface area contributed by atoms with E-state index < -0.39 is 0 Å². The van der Waals surface area contributed by atoms with Gasteiger partial charge in [0.2, 0.25) is 0 Å². The predicted octanol–water partition coefficient (Wildman–Crippen LogP) is 2.10. The summed E-state index contributed by atoms with van der Waals surface area (Å²) in [6.07, 6.45) is 2.20. The lowest BCUT2D eigenvalue weighted by Gasteiger charge is -2.10. The summed E-state index contributed by atoms with van der Waals surface area (Å²) in [6, 6.07) is 10.9. The third-order valence-electron chi connectivity index (χ3n) is 2.89. The van der Waals surface area contributed by atoms with E-state index in [0.717, 1.165) is 17.7 Å². The first-order chi connectivity index (χ1) is 9.70. The lowest BCUT2D eigenvalue weighted by atomic mass is 10.1. The highest BCUT2D eigenvalue weighted by Gasteiger charge is 2.09. The van der Waals surface area contributed by atoms with E-state index >= 15 is 0 Å². The number of carbonyl (C=O) groups excluding carboxylic acids is 1. The topological polar surface area (TPSA) is 77.2 Å². The molecule has 0 atom stereocenters. The first kappa shape index (κ1) is 14.0. The smallest absolute Gasteiger partial charge is 0.257 e. The van der Waals surface area contributed by atoms with Crippen LogP contribution in [0.1, 0.15) is 15.9 Å². The molecule has 0 spiro atoms. The van der Waals surface area contributed by atoms with E-state index in [0.29, 0.717) is 18.0 Å². The molecule has 20 heavy (non-hydrogen) atoms. The molecule has 0 unspecified atom stereocenters. The highest BCUT2D eigenvalue weighted by atomic mass is 16.5. The number of ether oxygens (including phenoxy) is 1. The van der Waals surface area contributed by atoms with Crippen molar-refractivity contribution in [2.45, 2.75) is 6.42 Å². The van der Waals surface area contributed by atoms with E-state index in [9.17, 15) is 4.79 Å². The molecule has 0 aliphatic carbocycles. The van der Waals surface area contributed by atoms with Crippen molar-refractivity contribution in [3.63, 3.8) is 0 Å². The molecule has 3 N–H and O–H groups in total. The molecular formula is C15H17N3O2. The summed E-state index contributed by atoms with van der Waals surface area (Å²) in [6.45, 7) is 0.607. The summed E-state index contributed by atoms with van der Waals surface area (Å²) in [5.74, 6) is 0.185. The Morgan fingerprint density at radius 1 is 1.30 bits per heavy atom. The van der Waals surface area contributed by atoms with Crippen LogP contribution in [0.15, 0.2) is 42.6 Å². The SMILES string of the molecule is COCCc1ccccc1NC(=O)c1ccc(N)nc1. The van der Waals surface area contributed by atoms with E-state index in [1.54, 1.807) is 19.2 Å². The van der Waals surface area contributed by atoms with Crippen molar-refractivity contribution in [2.75, 3.05) is 24.8 Å². The summed E-state index contributed by atoms with van der Waals surface area (Å²) >= 11 is 0. The van der Waals surface area contributed by atoms with Gasteiger partial charge in [0, 0.05) is 19.0 Å². The van der Waals surface area contributed by atoms with Gasteiger partial charge in [-0.05, 0) is 30.2 Å². The van der Waals surface area contributed by atoms with Crippen LogP contribution >= 0.6 is 0 Å². The van der Waals surface area contributed by atoms with Gasteiger partial charge in [0.05, 0.1) is 12.2 Å². The first-order valence-electron chi connectivity index (χ1n) is 6.30. The number of pyridine rings is 1. The van der Waals surface area contributed by atoms with Crippen LogP contribution in [0.4, 0.5) is 11.5 Å². The highest BCUT2D eigenvalue weighted by molar-refractivity contribution is 6.04. The Morgan fingerprint density at radius 2 is 2.10 bits per heavy atom. The molecule has 1 aromatic heterocycles. The molecule has 1 amide bonds. The van der Waals surface area contributed by atoms with Gasteiger partial charge in [-0.25, -0.2) is 4.98 Å². The quantitative estimate of drug-likeness (QED) is 0.873. The van der Waals surface area contributed by atoms with Crippen molar-refractivity contribution in [3.05, 3.63) is 53.7 Å². The van der Waals surface area contributed by atoms with Crippen LogP contribution in [0.5, 0.6) is 0 Å². The summed E-state index contributed by atoms with van der Waals surface area (Å²) in [5, 5.41) is 2.88. The maximum absolute atomic E-state index is 12.1. The van der Waals surface area contributed by atoms with Gasteiger partial charge in [0.15, 0.2) is 0 Å². The van der Waals surface area contributed by atoms with Crippen molar-refractivity contribution in [2.24, 2.45) is 0 Å². The Balaban J connectivity index is 2.13. The maximum Gasteiger partial charge on any atom is 0.257 e. The van der Waals surface area contributed by atoms with Gasteiger partial charge < -0.3 is 15.8 Å². The molecule has 1 heterocycles. The second-order valence-electron chi connectivity index (χ2n) is 4.33. The lowest BCUT2D eigenvalue weighted by Crippen LogP contribution is -2.14. The number of methoxy groups -OCH3 is 1. The van der Waals surface area contributed by atoms with Crippen LogP contribution in [-0.2, 0) is 11.2 Å². The molecule has 0 radical (unpaired) electrons. The minimum absolute atomic E-state index is 0.206. The second kappa shape index (κ2) is 6.68. The summed E-state index contributed by atoms with van der Waals surface area (Å²) in [7, 11) is 1.65. The number of amides is 1. The Hall–Kier alpha value is -2.40. The fraction of sp³-hybridized carbons (Fsp3) is 0.200. The fourth-order valence-corrected chi connectivity index (χ4v) is 1.81. The summed E-state index contributed by atoms with van der Waals surface area (Å²) < 4.78 is 5.07. The second-order valence-corrected chi connectivity index (χ2v) is 4.33. The van der Waals surface area contributed by atoms with Crippen LogP contribution in [0.2, 0.25) is 0 Å². The predicted molar refractivity (Wildman–Crippen MR) is 78.6 cm³/mol. The Kier molecular flexibility index (Phi) is 4.68. The zero-order valence-electron chi connectivity index (χ0n) is 11.3. The summed E-state index contributed by atoms with van der Waals surface area (Å²) in [4.78, 5) is 16.0. The molecule has 0 bridgehead atoms. The number of carbonyl (C=O) groups is 1. The molecule has 2 aromatic rings. The van der Waals surface area contributed by atoms with Crippen molar-refractivity contribution in [1.82, 2.24) is 4.98 Å². The molecule has 5 heteroatoms. The zero-order valence-corrected chi connectivity index (χ0v) is 11.3. The van der Waals surface area contributed by atoms with Gasteiger partial charge in [0.1, 0.15) is 5.82 Å². The number of nitrogen functional groups attached to an aromatic ring is 1. The molecule has 0 fully saturated rings. The number of nitrogens with two attached hydrogens (primary N) is 1. The molecule has 0 saturated carbocycles. The number of hydrogen-bond donors (Lipinski definition) is 2. The van der Waals surface area contributed by atoms with E-state index in [1.807, 2.05) is 24.3 Å². The van der Waals surface area contributed by atoms with Gasteiger partial charge >= 0.3 is 0 Å². The average molecular weight is 271 g/mol. The first-order valence-corrected chi connectivity index (χ1v) is 6.30. The number of rotatable bonds is 5. The largest absolute Gasteiger partial charge is 0.384 e. The number of benzene rings is 1. The number of nitrogens with one attached hydrogen (secondary N) is 1. The zero-order chi connectivity index (χ0) is 14.4. The molecule has 104 valence electrons. The third-order valence-corrected chi connectivity index (χ3v) is 2.89. The van der Waals surface area contributed by atoms with Crippen molar-refractivity contribution in [3.8, 4) is 0 Å². The van der Waals surface area contributed by atoms with Crippen LogP contribution in [-0.4, -0.2) is 24.6 Å². The lowest BCUT2D eigenvalue weighted by molar-refractivity contribution is 0.102. The van der Waals surface area contributed by atoms with Gasteiger partial charge in [0.25, 0.3) is 5.91 Å². The number of anilines is 2. The monoisotopic (exact) mass is 271 g/mol. The molecule has 2 rings (SSSR count). The van der Waals surface area contributed by atoms with Crippen LogP contribution < -0.4 is 11.1 Å². The molecule has 0 saturated heterocycles. The molecule has 5 nitrogen and oxygen atoms in total. The third kappa shape index (κ3) is 3.55. The Morgan fingerprint density at radius 3 is 2.80 bits per heavy atom. The van der Waals surface area contributed by atoms with E-state index in [4.69, 9.17) is 10.5 Å². The van der Waals surface area contributed by atoms with Crippen LogP contribution in [0.25, 0.3) is 0 Å². The van der Waals surface area contributed by atoms with Crippen molar-refractivity contribution < 1.29 is 9.53 Å². The van der Waals surface area contributed by atoms with Gasteiger partial charge in [-0.15, -0.1) is 0 Å².